The zero-order chi connectivity index (χ0) is 25.8. The number of halogens is 3. The van der Waals surface area contributed by atoms with E-state index in [0.717, 1.165) is 22.2 Å². The molecule has 1 aromatic heterocycles. The van der Waals surface area contributed by atoms with Crippen LogP contribution in [0.1, 0.15) is 39.3 Å². The molecule has 1 fully saturated rings. The van der Waals surface area contributed by atoms with Crippen LogP contribution in [0.25, 0.3) is 10.1 Å². The molecule has 0 radical (unpaired) electrons. The highest BCUT2D eigenvalue weighted by atomic mass is 35.5. The number of carboxylic acids is 1. The lowest BCUT2D eigenvalue weighted by atomic mass is 9.93. The molecular weight excluding hydrogens is 512 g/mol. The van der Waals surface area contributed by atoms with E-state index in [2.05, 4.69) is 10.6 Å². The molecule has 4 rings (SSSR count). The fourth-order valence-electron chi connectivity index (χ4n) is 4.27. The van der Waals surface area contributed by atoms with Gasteiger partial charge >= 0.3 is 5.97 Å². The first-order valence-corrected chi connectivity index (χ1v) is 12.6. The number of carbonyl (C=O) groups is 3. The molecule has 190 valence electrons. The molecule has 0 spiro atoms. The summed E-state index contributed by atoms with van der Waals surface area (Å²) in [4.78, 5) is 37.8. The summed E-state index contributed by atoms with van der Waals surface area (Å²) in [6.07, 6.45) is 1.18. The smallest absolute Gasteiger partial charge is 0.303 e. The quantitative estimate of drug-likeness (QED) is 0.364. The molecule has 1 aliphatic heterocycles. The Morgan fingerprint density at radius 2 is 1.69 bits per heavy atom. The Labute approximate surface area is 215 Å². The van der Waals surface area contributed by atoms with Crippen LogP contribution in [0, 0.1) is 17.6 Å². The van der Waals surface area contributed by atoms with E-state index in [-0.39, 0.29) is 37.0 Å². The molecule has 2 amide bonds. The molecule has 2 aromatic carbocycles. The maximum absolute atomic E-state index is 14.7. The van der Waals surface area contributed by atoms with Gasteiger partial charge in [0.15, 0.2) is 0 Å². The summed E-state index contributed by atoms with van der Waals surface area (Å²) in [5.74, 6) is -3.64. The van der Waals surface area contributed by atoms with Gasteiger partial charge in [-0.2, -0.15) is 0 Å². The minimum Gasteiger partial charge on any atom is -0.481 e. The third-order valence-electron chi connectivity index (χ3n) is 6.14. The van der Waals surface area contributed by atoms with Crippen LogP contribution < -0.4 is 15.5 Å². The molecular formula is C25H24ClF2N3O4S. The maximum Gasteiger partial charge on any atom is 0.303 e. The Bertz CT molecular complexity index is 1310. The number of fused-ring (bicyclic) bond motifs is 1. The van der Waals surface area contributed by atoms with E-state index >= 15 is 0 Å². The first kappa shape index (κ1) is 25.8. The summed E-state index contributed by atoms with van der Waals surface area (Å²) in [5, 5.41) is 15.2. The molecule has 0 unspecified atom stereocenters. The summed E-state index contributed by atoms with van der Waals surface area (Å²) >= 11 is 7.56. The number of piperidine rings is 1. The predicted molar refractivity (Wildman–Crippen MR) is 135 cm³/mol. The van der Waals surface area contributed by atoms with Gasteiger partial charge in [-0.1, -0.05) is 29.8 Å². The molecule has 2 heterocycles. The summed E-state index contributed by atoms with van der Waals surface area (Å²) in [7, 11) is 0. The van der Waals surface area contributed by atoms with Gasteiger partial charge in [0, 0.05) is 48.8 Å². The first-order valence-electron chi connectivity index (χ1n) is 11.4. The van der Waals surface area contributed by atoms with Crippen molar-refractivity contribution in [1.29, 1.82) is 0 Å². The van der Waals surface area contributed by atoms with Gasteiger partial charge in [-0.3, -0.25) is 14.4 Å². The highest BCUT2D eigenvalue weighted by molar-refractivity contribution is 7.21. The molecule has 3 N–H and O–H groups in total. The summed E-state index contributed by atoms with van der Waals surface area (Å²) in [6, 6.07) is 9.23. The highest BCUT2D eigenvalue weighted by Crippen LogP contribution is 2.35. The second kappa shape index (κ2) is 11.2. The number of carbonyl (C=O) groups excluding carboxylic acids is 2. The molecule has 0 saturated carbocycles. The van der Waals surface area contributed by atoms with Gasteiger partial charge in [-0.15, -0.1) is 11.3 Å². The third kappa shape index (κ3) is 5.76. The van der Waals surface area contributed by atoms with E-state index in [0.29, 0.717) is 35.8 Å². The van der Waals surface area contributed by atoms with E-state index in [9.17, 15) is 23.2 Å². The largest absolute Gasteiger partial charge is 0.481 e. The lowest BCUT2D eigenvalue weighted by Crippen LogP contribution is -2.36. The predicted octanol–water partition coefficient (Wildman–Crippen LogP) is 4.68. The Morgan fingerprint density at radius 3 is 2.36 bits per heavy atom. The van der Waals surface area contributed by atoms with Crippen LogP contribution in [0.2, 0.25) is 5.02 Å². The van der Waals surface area contributed by atoms with Crippen LogP contribution >= 0.6 is 22.9 Å². The van der Waals surface area contributed by atoms with Gasteiger partial charge < -0.3 is 20.6 Å². The van der Waals surface area contributed by atoms with Gasteiger partial charge in [-0.25, -0.2) is 8.78 Å². The van der Waals surface area contributed by atoms with Crippen molar-refractivity contribution in [2.75, 3.05) is 31.1 Å². The number of thiophene rings is 1. The van der Waals surface area contributed by atoms with Crippen LogP contribution in [0.4, 0.5) is 14.5 Å². The third-order valence-corrected chi connectivity index (χ3v) is 7.81. The topological polar surface area (TPSA) is 98.7 Å². The molecule has 1 aliphatic rings. The summed E-state index contributed by atoms with van der Waals surface area (Å²) in [5.41, 5.74) is -0.388. The van der Waals surface area contributed by atoms with E-state index < -0.39 is 29.1 Å². The van der Waals surface area contributed by atoms with Crippen molar-refractivity contribution in [2.45, 2.75) is 19.3 Å². The number of nitrogens with zero attached hydrogens (tertiary/aromatic N) is 1. The fraction of sp³-hybridized carbons (Fsp3) is 0.320. The van der Waals surface area contributed by atoms with E-state index in [1.54, 1.807) is 4.90 Å². The normalized spacial score (nSPS) is 14.1. The Balaban J connectivity index is 1.30. The van der Waals surface area contributed by atoms with Crippen molar-refractivity contribution in [1.82, 2.24) is 10.6 Å². The average molecular weight is 536 g/mol. The maximum atomic E-state index is 14.7. The minimum absolute atomic E-state index is 0.00657. The molecule has 0 aliphatic carbocycles. The second-order valence-electron chi connectivity index (χ2n) is 8.56. The number of hydrogen-bond acceptors (Lipinski definition) is 5. The molecule has 0 bridgehead atoms. The number of rotatable bonds is 8. The van der Waals surface area contributed by atoms with Crippen LogP contribution in [-0.4, -0.2) is 49.1 Å². The van der Waals surface area contributed by atoms with Gasteiger partial charge in [0.05, 0.1) is 16.3 Å². The highest BCUT2D eigenvalue weighted by Gasteiger charge is 2.25. The average Bonchev–Trinajstić information content (AvgIpc) is 3.19. The lowest BCUT2D eigenvalue weighted by Gasteiger charge is -2.33. The monoisotopic (exact) mass is 535 g/mol. The number of benzene rings is 2. The number of hydrogen-bond donors (Lipinski definition) is 3. The van der Waals surface area contributed by atoms with Crippen LogP contribution in [0.5, 0.6) is 0 Å². The van der Waals surface area contributed by atoms with Gasteiger partial charge in [-0.05, 0) is 30.9 Å². The Morgan fingerprint density at radius 1 is 1.03 bits per heavy atom. The van der Waals surface area contributed by atoms with E-state index in [1.807, 2.05) is 24.3 Å². The van der Waals surface area contributed by atoms with Crippen molar-refractivity contribution in [3.63, 3.8) is 0 Å². The van der Waals surface area contributed by atoms with E-state index in [4.69, 9.17) is 16.7 Å². The number of nitrogens with one attached hydrogen (secondary N) is 2. The van der Waals surface area contributed by atoms with Crippen molar-refractivity contribution in [3.8, 4) is 0 Å². The number of anilines is 1. The molecule has 3 aromatic rings. The number of amides is 2. The summed E-state index contributed by atoms with van der Waals surface area (Å²) < 4.78 is 30.3. The molecule has 36 heavy (non-hydrogen) atoms. The van der Waals surface area contributed by atoms with Gasteiger partial charge in [0.2, 0.25) is 0 Å². The molecule has 11 heteroatoms. The standard InChI is InChI=1S/C25H24ClF2N3O4S/c26-22-15-3-1-2-4-20(15)36-23(22)25(35)30-8-7-29-24(34)16-12-18(28)19(13-17(16)27)31-9-5-14(6-10-31)11-21(32)33/h1-4,12-14H,5-11H2,(H,29,34)(H,30,35)(H,32,33). The van der Waals surface area contributed by atoms with Gasteiger partial charge in [0.25, 0.3) is 11.8 Å². The van der Waals surface area contributed by atoms with Crippen molar-refractivity contribution in [2.24, 2.45) is 5.92 Å². The fourth-order valence-corrected chi connectivity index (χ4v) is 5.70. The second-order valence-corrected chi connectivity index (χ2v) is 10.00. The lowest BCUT2D eigenvalue weighted by molar-refractivity contribution is -0.138. The van der Waals surface area contributed by atoms with Crippen LogP contribution in [-0.2, 0) is 4.79 Å². The number of aliphatic carboxylic acids is 1. The SMILES string of the molecule is O=C(O)CC1CCN(c2cc(F)c(C(=O)NCCNC(=O)c3sc4ccccc4c3Cl)cc2F)CC1. The van der Waals surface area contributed by atoms with Crippen LogP contribution in [0.3, 0.4) is 0 Å². The van der Waals surface area contributed by atoms with Gasteiger partial charge in [0.1, 0.15) is 16.5 Å². The Hall–Kier alpha value is -3.24. The van der Waals surface area contributed by atoms with Crippen LogP contribution in [0.15, 0.2) is 36.4 Å². The first-order chi connectivity index (χ1) is 17.2. The number of carboxylic acid groups (broad SMARTS) is 1. The zero-order valence-electron chi connectivity index (χ0n) is 19.2. The van der Waals surface area contributed by atoms with E-state index in [1.165, 1.54) is 11.3 Å². The molecule has 7 nitrogen and oxygen atoms in total. The zero-order valence-corrected chi connectivity index (χ0v) is 20.7. The van der Waals surface area contributed by atoms with Crippen molar-refractivity contribution < 1.29 is 28.3 Å². The molecule has 0 atom stereocenters. The minimum atomic E-state index is -0.871. The molecule has 1 saturated heterocycles. The van der Waals surface area contributed by atoms with Crippen molar-refractivity contribution >= 4 is 56.5 Å². The summed E-state index contributed by atoms with van der Waals surface area (Å²) in [6.45, 7) is 0.891. The van der Waals surface area contributed by atoms with Crippen molar-refractivity contribution in [3.05, 3.63) is 63.5 Å². The Kier molecular flexibility index (Phi) is 8.05.